The standard InChI is InChI=1S/C3H8O.HO3P/c1-3-4-2;1-4(2)3/h3H2,1-2H3;(H-,1,2,3)/p+1. The number of rotatable bonds is 1. The van der Waals surface area contributed by atoms with Crippen LogP contribution in [0.1, 0.15) is 6.92 Å². The summed E-state index contributed by atoms with van der Waals surface area (Å²) in [4.78, 5) is 14.2. The van der Waals surface area contributed by atoms with Gasteiger partial charge in [-0.05, 0) is 6.92 Å². The van der Waals surface area contributed by atoms with Gasteiger partial charge in [0.2, 0.25) is 0 Å². The van der Waals surface area contributed by atoms with Crippen LogP contribution >= 0.6 is 8.25 Å². The summed E-state index contributed by atoms with van der Waals surface area (Å²) in [6.45, 7) is 2.78. The van der Waals surface area contributed by atoms with E-state index in [1.165, 1.54) is 0 Å². The minimum Gasteiger partial charge on any atom is -0.385 e. The molecule has 0 atom stereocenters. The number of methoxy groups -OCH3 is 1. The molecule has 4 nitrogen and oxygen atoms in total. The van der Waals surface area contributed by atoms with Crippen molar-refractivity contribution in [2.45, 2.75) is 6.92 Å². The Labute approximate surface area is 49.1 Å². The molecule has 0 saturated carbocycles. The quantitative estimate of drug-likeness (QED) is 0.514. The van der Waals surface area contributed by atoms with Gasteiger partial charge in [-0.1, -0.05) is 0 Å². The van der Waals surface area contributed by atoms with E-state index in [4.69, 9.17) is 14.4 Å². The van der Waals surface area contributed by atoms with Crippen molar-refractivity contribution in [2.75, 3.05) is 13.7 Å². The van der Waals surface area contributed by atoms with Crippen molar-refractivity contribution in [2.24, 2.45) is 0 Å². The third kappa shape index (κ3) is 154. The van der Waals surface area contributed by atoms with E-state index in [0.29, 0.717) is 0 Å². The molecular formula is C3H10O4P+. The molecule has 0 aliphatic heterocycles. The molecule has 2 N–H and O–H groups in total. The zero-order chi connectivity index (χ0) is 6.99. The average Bonchev–Trinajstić information content (AvgIpc) is 1.65. The summed E-state index contributed by atoms with van der Waals surface area (Å²) in [6.07, 6.45) is 0. The molecule has 0 aliphatic rings. The Morgan fingerprint density at radius 3 is 1.75 bits per heavy atom. The van der Waals surface area contributed by atoms with Gasteiger partial charge in [0.25, 0.3) is 0 Å². The third-order valence-corrected chi connectivity index (χ3v) is 0.289. The number of hydrogen-bond donors (Lipinski definition) is 2. The Kier molecular flexibility index (Phi) is 13.7. The maximum Gasteiger partial charge on any atom is 0.692 e. The average molecular weight is 141 g/mol. The smallest absolute Gasteiger partial charge is 0.385 e. The van der Waals surface area contributed by atoms with Gasteiger partial charge < -0.3 is 4.74 Å². The van der Waals surface area contributed by atoms with Gasteiger partial charge in [0.15, 0.2) is 0 Å². The fourth-order valence-corrected chi connectivity index (χ4v) is 0. The van der Waals surface area contributed by atoms with Gasteiger partial charge in [0.1, 0.15) is 0 Å². The van der Waals surface area contributed by atoms with E-state index >= 15 is 0 Å². The zero-order valence-corrected chi connectivity index (χ0v) is 5.76. The molecule has 0 saturated heterocycles. The highest BCUT2D eigenvalue weighted by Gasteiger charge is 1.93. The summed E-state index contributed by atoms with van der Waals surface area (Å²) in [5.74, 6) is 0. The summed E-state index contributed by atoms with van der Waals surface area (Å²) >= 11 is 0. The molecule has 50 valence electrons. The molecule has 0 heterocycles. The normalized spacial score (nSPS) is 7.00. The Morgan fingerprint density at radius 2 is 1.75 bits per heavy atom. The molecule has 0 bridgehead atoms. The Hall–Kier alpha value is -0.0200. The molecular weight excluding hydrogens is 131 g/mol. The van der Waals surface area contributed by atoms with E-state index in [0.717, 1.165) is 6.61 Å². The highest BCUT2D eigenvalue weighted by Crippen LogP contribution is 1.98. The summed E-state index contributed by atoms with van der Waals surface area (Å²) in [5, 5.41) is 0. The summed E-state index contributed by atoms with van der Waals surface area (Å²) < 4.78 is 13.2. The van der Waals surface area contributed by atoms with Gasteiger partial charge in [0.05, 0.1) is 0 Å². The number of ether oxygens (including phenoxy) is 1. The molecule has 0 spiro atoms. The van der Waals surface area contributed by atoms with Crippen LogP contribution in [-0.4, -0.2) is 23.5 Å². The Morgan fingerprint density at radius 1 is 1.62 bits per heavy atom. The Bertz CT molecular complexity index is 49.2. The topological polar surface area (TPSA) is 66.8 Å². The maximum atomic E-state index is 8.70. The lowest BCUT2D eigenvalue weighted by Gasteiger charge is -1.76. The fourth-order valence-electron chi connectivity index (χ4n) is 0. The lowest BCUT2D eigenvalue weighted by Crippen LogP contribution is -1.73. The first-order valence-corrected chi connectivity index (χ1v) is 3.15. The van der Waals surface area contributed by atoms with Gasteiger partial charge >= 0.3 is 8.25 Å². The van der Waals surface area contributed by atoms with Crippen molar-refractivity contribution in [3.63, 3.8) is 0 Å². The summed E-state index contributed by atoms with van der Waals surface area (Å²) in [6, 6.07) is 0. The second-order valence-corrected chi connectivity index (χ2v) is 1.34. The minimum absolute atomic E-state index is 0.819. The van der Waals surface area contributed by atoms with Crippen LogP contribution < -0.4 is 0 Å². The molecule has 0 aliphatic carbocycles. The lowest BCUT2D eigenvalue weighted by atomic mass is 10.9. The molecule has 0 aromatic heterocycles. The van der Waals surface area contributed by atoms with Gasteiger partial charge in [-0.2, -0.15) is 0 Å². The van der Waals surface area contributed by atoms with Crippen molar-refractivity contribution >= 4 is 8.25 Å². The molecule has 0 aromatic rings. The summed E-state index contributed by atoms with van der Waals surface area (Å²) in [5.41, 5.74) is 0. The third-order valence-electron chi connectivity index (χ3n) is 0.289. The first-order valence-electron chi connectivity index (χ1n) is 1.99. The van der Waals surface area contributed by atoms with Crippen molar-refractivity contribution in [3.8, 4) is 0 Å². The van der Waals surface area contributed by atoms with Gasteiger partial charge in [-0.15, -0.1) is 9.79 Å². The fraction of sp³-hybridized carbons (Fsp3) is 1.00. The van der Waals surface area contributed by atoms with Crippen LogP contribution in [-0.2, 0) is 9.30 Å². The van der Waals surface area contributed by atoms with E-state index in [-0.39, 0.29) is 0 Å². The van der Waals surface area contributed by atoms with Crippen molar-refractivity contribution in [3.05, 3.63) is 0 Å². The largest absolute Gasteiger partial charge is 0.692 e. The Balaban J connectivity index is 0. The molecule has 0 fully saturated rings. The summed E-state index contributed by atoms with van der Waals surface area (Å²) in [7, 11) is -1.19. The van der Waals surface area contributed by atoms with Crippen LogP contribution in [0, 0.1) is 0 Å². The second-order valence-electron chi connectivity index (χ2n) is 0.830. The first kappa shape index (κ1) is 10.9. The van der Waals surface area contributed by atoms with E-state index in [9.17, 15) is 0 Å². The van der Waals surface area contributed by atoms with Crippen LogP contribution in [0.2, 0.25) is 0 Å². The lowest BCUT2D eigenvalue weighted by molar-refractivity contribution is 0.215. The van der Waals surface area contributed by atoms with Crippen molar-refractivity contribution < 1.29 is 19.1 Å². The maximum absolute atomic E-state index is 8.70. The second kappa shape index (κ2) is 10.1. The first-order chi connectivity index (χ1) is 3.65. The monoisotopic (exact) mass is 141 g/mol. The predicted octanol–water partition coefficient (Wildman–Crippen LogP) is 0.281. The van der Waals surface area contributed by atoms with Crippen molar-refractivity contribution in [1.29, 1.82) is 0 Å². The van der Waals surface area contributed by atoms with E-state index in [2.05, 4.69) is 4.74 Å². The molecule has 0 aromatic carbocycles. The van der Waals surface area contributed by atoms with Crippen molar-refractivity contribution in [1.82, 2.24) is 0 Å². The van der Waals surface area contributed by atoms with Crippen LogP contribution in [0.25, 0.3) is 0 Å². The van der Waals surface area contributed by atoms with Gasteiger partial charge in [-0.25, -0.2) is 0 Å². The zero-order valence-electron chi connectivity index (χ0n) is 4.87. The SMILES string of the molecule is CCOC.O=[P+](O)O. The predicted molar refractivity (Wildman–Crippen MR) is 29.6 cm³/mol. The molecule has 5 heteroatoms. The molecule has 0 rings (SSSR count). The van der Waals surface area contributed by atoms with Gasteiger partial charge in [-0.3, -0.25) is 0 Å². The highest BCUT2D eigenvalue weighted by atomic mass is 31.1. The van der Waals surface area contributed by atoms with Crippen LogP contribution in [0.15, 0.2) is 0 Å². The van der Waals surface area contributed by atoms with E-state index in [1.807, 2.05) is 6.92 Å². The van der Waals surface area contributed by atoms with Crippen LogP contribution in [0.4, 0.5) is 0 Å². The molecule has 0 radical (unpaired) electrons. The van der Waals surface area contributed by atoms with Gasteiger partial charge in [0, 0.05) is 18.3 Å². The molecule has 0 amide bonds. The van der Waals surface area contributed by atoms with E-state index in [1.54, 1.807) is 7.11 Å². The minimum atomic E-state index is -2.87. The highest BCUT2D eigenvalue weighted by molar-refractivity contribution is 7.30. The number of hydrogen-bond acceptors (Lipinski definition) is 2. The molecule has 0 unspecified atom stereocenters. The molecule has 8 heavy (non-hydrogen) atoms. The van der Waals surface area contributed by atoms with E-state index < -0.39 is 8.25 Å². The van der Waals surface area contributed by atoms with Crippen LogP contribution in [0.5, 0.6) is 0 Å². The van der Waals surface area contributed by atoms with Crippen LogP contribution in [0.3, 0.4) is 0 Å².